The maximum Gasteiger partial charge on any atom is 0.229 e. The first-order valence-corrected chi connectivity index (χ1v) is 11.3. The minimum Gasteiger partial charge on any atom is -0.347 e. The number of hydrogen-bond donors (Lipinski definition) is 2. The van der Waals surface area contributed by atoms with Crippen molar-refractivity contribution in [3.05, 3.63) is 48.5 Å². The average Bonchev–Trinajstić information content (AvgIpc) is 3.53. The van der Waals surface area contributed by atoms with E-state index in [1.165, 1.54) is 4.70 Å². The van der Waals surface area contributed by atoms with Gasteiger partial charge < -0.3 is 15.5 Å². The van der Waals surface area contributed by atoms with Gasteiger partial charge in [-0.05, 0) is 56.0 Å². The van der Waals surface area contributed by atoms with Gasteiger partial charge in [0.05, 0.1) is 16.1 Å². The topological polar surface area (TPSA) is 74.3 Å². The van der Waals surface area contributed by atoms with E-state index >= 15 is 0 Å². The summed E-state index contributed by atoms with van der Waals surface area (Å²) in [7, 11) is 0. The number of anilines is 3. The zero-order valence-electron chi connectivity index (χ0n) is 16.6. The highest BCUT2D eigenvalue weighted by molar-refractivity contribution is 7.22. The molecule has 1 saturated carbocycles. The molecule has 1 atom stereocenters. The van der Waals surface area contributed by atoms with Gasteiger partial charge in [0.2, 0.25) is 11.8 Å². The number of benzene rings is 2. The van der Waals surface area contributed by atoms with Crippen LogP contribution in [-0.4, -0.2) is 29.9 Å². The largest absolute Gasteiger partial charge is 0.347 e. The molecule has 2 heterocycles. The summed E-state index contributed by atoms with van der Waals surface area (Å²) in [4.78, 5) is 31.9. The van der Waals surface area contributed by atoms with E-state index in [-0.39, 0.29) is 23.7 Å². The van der Waals surface area contributed by atoms with Crippen molar-refractivity contribution in [3.63, 3.8) is 0 Å². The molecule has 2 N–H and O–H groups in total. The Hall–Kier alpha value is -2.93. The van der Waals surface area contributed by atoms with Gasteiger partial charge in [-0.15, -0.1) is 0 Å². The van der Waals surface area contributed by atoms with E-state index in [0.717, 1.165) is 48.6 Å². The predicted octanol–water partition coefficient (Wildman–Crippen LogP) is 4.50. The quantitative estimate of drug-likeness (QED) is 0.637. The van der Waals surface area contributed by atoms with E-state index in [1.807, 2.05) is 42.5 Å². The molecule has 30 heavy (non-hydrogen) atoms. The fraction of sp³-hybridized carbons (Fsp3) is 0.348. The molecular weight excluding hydrogens is 396 g/mol. The van der Waals surface area contributed by atoms with Crippen molar-refractivity contribution in [1.82, 2.24) is 4.98 Å². The van der Waals surface area contributed by atoms with Crippen LogP contribution in [0.3, 0.4) is 0 Å². The second kappa shape index (κ2) is 8.07. The third kappa shape index (κ3) is 4.16. The van der Waals surface area contributed by atoms with Crippen LogP contribution in [-0.2, 0) is 9.59 Å². The first-order valence-electron chi connectivity index (χ1n) is 10.5. The molecule has 0 spiro atoms. The Balaban J connectivity index is 1.24. The number of thiazole rings is 1. The van der Waals surface area contributed by atoms with Crippen molar-refractivity contribution >= 4 is 49.9 Å². The van der Waals surface area contributed by atoms with Crippen LogP contribution in [0.1, 0.15) is 25.7 Å². The van der Waals surface area contributed by atoms with Crippen LogP contribution >= 0.6 is 11.3 Å². The molecule has 1 aliphatic carbocycles. The predicted molar refractivity (Wildman–Crippen MR) is 121 cm³/mol. The molecule has 5 rings (SSSR count). The normalized spacial score (nSPS) is 18.9. The summed E-state index contributed by atoms with van der Waals surface area (Å²) in [6.45, 7) is 1.59. The van der Waals surface area contributed by atoms with Crippen molar-refractivity contribution in [3.8, 4) is 0 Å². The van der Waals surface area contributed by atoms with Crippen molar-refractivity contribution < 1.29 is 9.59 Å². The first-order chi connectivity index (χ1) is 14.7. The van der Waals surface area contributed by atoms with Crippen molar-refractivity contribution in [2.45, 2.75) is 25.7 Å². The fourth-order valence-electron chi connectivity index (χ4n) is 3.87. The zero-order chi connectivity index (χ0) is 20.5. The van der Waals surface area contributed by atoms with Gasteiger partial charge in [0.25, 0.3) is 0 Å². The molecule has 1 aromatic heterocycles. The van der Waals surface area contributed by atoms with E-state index in [0.29, 0.717) is 12.2 Å². The van der Waals surface area contributed by atoms with Gasteiger partial charge in [-0.25, -0.2) is 4.98 Å². The van der Waals surface area contributed by atoms with Crippen LogP contribution in [0.15, 0.2) is 48.5 Å². The molecular formula is C23H24N4O2S. The molecule has 0 unspecified atom stereocenters. The lowest BCUT2D eigenvalue weighted by molar-refractivity contribution is -0.120. The van der Waals surface area contributed by atoms with Crippen molar-refractivity contribution in [2.24, 2.45) is 11.8 Å². The van der Waals surface area contributed by atoms with E-state index in [1.54, 1.807) is 11.3 Å². The Morgan fingerprint density at radius 2 is 1.67 bits per heavy atom. The summed E-state index contributed by atoms with van der Waals surface area (Å²) in [5.74, 6) is 0.151. The number of hydrogen-bond acceptors (Lipinski definition) is 5. The Bertz CT molecular complexity index is 1060. The third-order valence-electron chi connectivity index (χ3n) is 5.69. The Kier molecular flexibility index (Phi) is 5.12. The second-order valence-corrected chi connectivity index (χ2v) is 9.09. The van der Waals surface area contributed by atoms with Gasteiger partial charge >= 0.3 is 0 Å². The number of carbonyl (C=O) groups excluding carboxylic acids is 2. The molecule has 2 aliphatic rings. The maximum atomic E-state index is 12.9. The lowest BCUT2D eigenvalue weighted by Crippen LogP contribution is -2.40. The lowest BCUT2D eigenvalue weighted by Gasteiger charge is -2.31. The second-order valence-electron chi connectivity index (χ2n) is 8.08. The number of amides is 2. The summed E-state index contributed by atoms with van der Waals surface area (Å²) >= 11 is 1.68. The Labute approximate surface area is 179 Å². The summed E-state index contributed by atoms with van der Waals surface area (Å²) in [6, 6.07) is 15.5. The van der Waals surface area contributed by atoms with Crippen LogP contribution in [0, 0.1) is 11.8 Å². The van der Waals surface area contributed by atoms with Gasteiger partial charge in [-0.2, -0.15) is 0 Å². The van der Waals surface area contributed by atoms with Gasteiger partial charge in [-0.1, -0.05) is 29.5 Å². The van der Waals surface area contributed by atoms with E-state index in [4.69, 9.17) is 4.98 Å². The molecule has 0 bridgehead atoms. The standard InChI is InChI=1S/C23H24N4O2S/c28-21(15-10-11-15)24-17-6-3-7-18(13-17)25-22(29)16-5-4-12-27(14-16)23-26-19-8-1-2-9-20(19)30-23/h1-3,6-9,13,15-16H,4-5,10-12,14H2,(H,24,28)(H,25,29)/t16-/m0/s1. The molecule has 0 radical (unpaired) electrons. The van der Waals surface area contributed by atoms with Crippen LogP contribution in [0.25, 0.3) is 10.2 Å². The number of para-hydroxylation sites is 1. The minimum absolute atomic E-state index is 0.0199. The van der Waals surface area contributed by atoms with Gasteiger partial charge in [0.1, 0.15) is 0 Å². The van der Waals surface area contributed by atoms with E-state index in [2.05, 4.69) is 21.6 Å². The summed E-state index contributed by atoms with van der Waals surface area (Å²) in [6.07, 6.45) is 3.76. The highest BCUT2D eigenvalue weighted by atomic mass is 32.1. The zero-order valence-corrected chi connectivity index (χ0v) is 17.5. The first kappa shape index (κ1) is 19.1. The molecule has 2 aromatic carbocycles. The fourth-order valence-corrected chi connectivity index (χ4v) is 4.87. The Morgan fingerprint density at radius 1 is 0.933 bits per heavy atom. The highest BCUT2D eigenvalue weighted by Crippen LogP contribution is 2.32. The Morgan fingerprint density at radius 3 is 2.40 bits per heavy atom. The molecule has 1 aliphatic heterocycles. The molecule has 154 valence electrons. The number of fused-ring (bicyclic) bond motifs is 1. The number of carbonyl (C=O) groups is 2. The number of rotatable bonds is 5. The summed E-state index contributed by atoms with van der Waals surface area (Å²) in [5, 5.41) is 6.95. The number of piperidine rings is 1. The lowest BCUT2D eigenvalue weighted by atomic mass is 9.97. The van der Waals surface area contributed by atoms with Crippen LogP contribution in [0.4, 0.5) is 16.5 Å². The molecule has 7 heteroatoms. The molecule has 1 saturated heterocycles. The van der Waals surface area contributed by atoms with E-state index in [9.17, 15) is 9.59 Å². The van der Waals surface area contributed by atoms with Gasteiger partial charge in [-0.3, -0.25) is 9.59 Å². The van der Waals surface area contributed by atoms with Crippen LogP contribution in [0.5, 0.6) is 0 Å². The van der Waals surface area contributed by atoms with Crippen LogP contribution in [0.2, 0.25) is 0 Å². The van der Waals surface area contributed by atoms with Crippen molar-refractivity contribution in [1.29, 1.82) is 0 Å². The third-order valence-corrected chi connectivity index (χ3v) is 6.79. The van der Waals surface area contributed by atoms with Crippen LogP contribution < -0.4 is 15.5 Å². The minimum atomic E-state index is -0.0875. The molecule has 2 fully saturated rings. The van der Waals surface area contributed by atoms with E-state index < -0.39 is 0 Å². The number of nitrogens with one attached hydrogen (secondary N) is 2. The number of aromatic nitrogens is 1. The molecule has 3 aromatic rings. The SMILES string of the molecule is O=C(Nc1cccc(NC(=O)[C@H]2CCCN(c3nc4ccccc4s3)C2)c1)C1CC1. The highest BCUT2D eigenvalue weighted by Gasteiger charge is 2.30. The van der Waals surface area contributed by atoms with Crippen molar-refractivity contribution in [2.75, 3.05) is 28.6 Å². The molecule has 2 amide bonds. The number of nitrogens with zero attached hydrogens (tertiary/aromatic N) is 2. The summed E-state index contributed by atoms with van der Waals surface area (Å²) in [5.41, 5.74) is 2.45. The monoisotopic (exact) mass is 420 g/mol. The summed E-state index contributed by atoms with van der Waals surface area (Å²) < 4.78 is 1.17. The smallest absolute Gasteiger partial charge is 0.229 e. The maximum absolute atomic E-state index is 12.9. The van der Waals surface area contributed by atoms with Gasteiger partial charge in [0.15, 0.2) is 5.13 Å². The molecule has 6 nitrogen and oxygen atoms in total. The average molecular weight is 421 g/mol. The van der Waals surface area contributed by atoms with Gasteiger partial charge in [0, 0.05) is 30.4 Å².